The van der Waals surface area contributed by atoms with Gasteiger partial charge >= 0.3 is 0 Å². The van der Waals surface area contributed by atoms with Crippen molar-refractivity contribution in [2.45, 2.75) is 90.4 Å². The van der Waals surface area contributed by atoms with E-state index in [1.807, 2.05) is 13.8 Å². The van der Waals surface area contributed by atoms with Gasteiger partial charge in [0.25, 0.3) is 0 Å². The van der Waals surface area contributed by atoms with Gasteiger partial charge in [0.05, 0.1) is 24.4 Å². The first-order chi connectivity index (χ1) is 12.3. The van der Waals surface area contributed by atoms with Crippen LogP contribution >= 0.6 is 0 Å². The van der Waals surface area contributed by atoms with Gasteiger partial charge in [-0.25, -0.2) is 0 Å². The number of ketones is 2. The number of hydrogen-bond acceptors (Lipinski definition) is 6. The zero-order chi connectivity index (χ0) is 19.3. The average molecular weight is 366 g/mol. The van der Waals surface area contributed by atoms with Crippen molar-refractivity contribution in [2.75, 3.05) is 0 Å². The van der Waals surface area contributed by atoms with Crippen LogP contribution in [0.1, 0.15) is 47.5 Å². The Kier molecular flexibility index (Phi) is 7.70. The van der Waals surface area contributed by atoms with Crippen LogP contribution in [0.4, 0.5) is 0 Å². The highest BCUT2D eigenvalue weighted by atomic mass is 16.7. The Morgan fingerprint density at radius 1 is 0.846 bits per heavy atom. The van der Waals surface area contributed by atoms with Crippen molar-refractivity contribution in [1.29, 1.82) is 0 Å². The summed E-state index contributed by atoms with van der Waals surface area (Å²) in [5, 5.41) is 0. The molecule has 6 nitrogen and oxygen atoms in total. The maximum absolute atomic E-state index is 11.2. The fraction of sp³-hybridized carbons (Fsp3) is 0.700. The molecule has 1 saturated heterocycles. The van der Waals surface area contributed by atoms with Crippen LogP contribution in [0, 0.1) is 0 Å². The van der Waals surface area contributed by atoms with Gasteiger partial charge in [-0.1, -0.05) is 6.08 Å². The lowest BCUT2D eigenvalue weighted by Gasteiger charge is -2.35. The lowest BCUT2D eigenvalue weighted by molar-refractivity contribution is -0.212. The summed E-state index contributed by atoms with van der Waals surface area (Å²) >= 11 is 0. The summed E-state index contributed by atoms with van der Waals surface area (Å²) in [6.07, 6.45) is 7.96. The predicted molar refractivity (Wildman–Crippen MR) is 96.8 cm³/mol. The summed E-state index contributed by atoms with van der Waals surface area (Å²) in [5.74, 6) is 0.0551. The van der Waals surface area contributed by atoms with Gasteiger partial charge in [-0.15, -0.1) is 0 Å². The van der Waals surface area contributed by atoms with Crippen LogP contribution in [0.5, 0.6) is 0 Å². The van der Waals surface area contributed by atoms with E-state index in [4.69, 9.17) is 18.9 Å². The van der Waals surface area contributed by atoms with E-state index in [0.29, 0.717) is 6.10 Å². The van der Waals surface area contributed by atoms with Gasteiger partial charge in [0, 0.05) is 0 Å². The average Bonchev–Trinajstić information content (AvgIpc) is 2.58. The normalized spacial score (nSPS) is 40.1. The van der Waals surface area contributed by atoms with Crippen LogP contribution in [0.15, 0.2) is 24.3 Å². The molecule has 3 rings (SSSR count). The standard InChI is InChI=1S/C13H20O4.C7H10O2/c1-8-4-6-12(10(3)15-8)17-13-7-5-11(14)9(2)16-13;1-5-3-4-7(8)6(2)9-5/h5,7-10,12-13H,4,6H2,1-3H3;3-6H,1-2H3. The molecule has 0 radical (unpaired) electrons. The van der Waals surface area contributed by atoms with Crippen molar-refractivity contribution in [3.8, 4) is 0 Å². The molecule has 3 aliphatic rings. The summed E-state index contributed by atoms with van der Waals surface area (Å²) in [4.78, 5) is 22.0. The number of rotatable bonds is 2. The number of carbonyl (C=O) groups is 2. The third-order valence-corrected chi connectivity index (χ3v) is 4.64. The Morgan fingerprint density at radius 3 is 2.00 bits per heavy atom. The van der Waals surface area contributed by atoms with E-state index in [1.165, 1.54) is 6.08 Å². The predicted octanol–water partition coefficient (Wildman–Crippen LogP) is 2.75. The molecule has 0 N–H and O–H groups in total. The fourth-order valence-electron chi connectivity index (χ4n) is 3.01. The molecule has 3 heterocycles. The Bertz CT molecular complexity index is 555. The second-order valence-electron chi connectivity index (χ2n) is 7.06. The molecule has 0 saturated carbocycles. The van der Waals surface area contributed by atoms with Crippen molar-refractivity contribution in [2.24, 2.45) is 0 Å². The van der Waals surface area contributed by atoms with Crippen molar-refractivity contribution in [3.63, 3.8) is 0 Å². The third kappa shape index (κ3) is 6.13. The molecule has 0 aromatic heterocycles. The molecule has 146 valence electrons. The van der Waals surface area contributed by atoms with Crippen LogP contribution in [0.3, 0.4) is 0 Å². The summed E-state index contributed by atoms with van der Waals surface area (Å²) in [6.45, 7) is 9.51. The van der Waals surface area contributed by atoms with E-state index in [0.717, 1.165) is 12.8 Å². The molecule has 0 amide bonds. The smallest absolute Gasteiger partial charge is 0.184 e. The maximum Gasteiger partial charge on any atom is 0.184 e. The van der Waals surface area contributed by atoms with Gasteiger partial charge in [0.1, 0.15) is 12.2 Å². The lowest BCUT2D eigenvalue weighted by Crippen LogP contribution is -2.41. The first kappa shape index (κ1) is 21.0. The fourth-order valence-corrected chi connectivity index (χ4v) is 3.01. The molecule has 0 aromatic rings. The van der Waals surface area contributed by atoms with Gasteiger partial charge in [-0.05, 0) is 65.7 Å². The Morgan fingerprint density at radius 2 is 1.46 bits per heavy atom. The van der Waals surface area contributed by atoms with E-state index in [-0.39, 0.29) is 36.0 Å². The van der Waals surface area contributed by atoms with Crippen molar-refractivity contribution >= 4 is 11.6 Å². The zero-order valence-corrected chi connectivity index (χ0v) is 16.2. The number of carbonyl (C=O) groups excluding carboxylic acids is 2. The summed E-state index contributed by atoms with van der Waals surface area (Å²) in [6, 6.07) is 0. The minimum Gasteiger partial charge on any atom is -0.373 e. The molecule has 3 aliphatic heterocycles. The molecule has 0 spiro atoms. The lowest BCUT2D eigenvalue weighted by atomic mass is 10.0. The summed E-state index contributed by atoms with van der Waals surface area (Å²) < 4.78 is 22.2. The highest BCUT2D eigenvalue weighted by molar-refractivity contribution is 5.94. The first-order valence-electron chi connectivity index (χ1n) is 9.32. The Hall–Kier alpha value is -1.34. The van der Waals surface area contributed by atoms with Crippen molar-refractivity contribution in [3.05, 3.63) is 24.3 Å². The molecule has 7 unspecified atom stereocenters. The molecule has 0 aromatic carbocycles. The molecule has 26 heavy (non-hydrogen) atoms. The Balaban J connectivity index is 0.000000228. The SMILES string of the molecule is CC1C=CC(=O)C(C)O1.CC1CCC(OC2C=CC(=O)C(C)O2)C(C)O1. The summed E-state index contributed by atoms with van der Waals surface area (Å²) in [5.41, 5.74) is 0. The monoisotopic (exact) mass is 366 g/mol. The van der Waals surface area contributed by atoms with Gasteiger partial charge < -0.3 is 18.9 Å². The Labute approximate surface area is 155 Å². The van der Waals surface area contributed by atoms with Gasteiger partial charge in [0.15, 0.2) is 17.9 Å². The first-order valence-corrected chi connectivity index (χ1v) is 9.32. The van der Waals surface area contributed by atoms with E-state index in [9.17, 15) is 9.59 Å². The number of ether oxygens (including phenoxy) is 4. The molecular formula is C20H30O6. The van der Waals surface area contributed by atoms with Crippen LogP contribution in [0.25, 0.3) is 0 Å². The van der Waals surface area contributed by atoms with Crippen LogP contribution in [-0.4, -0.2) is 54.5 Å². The second-order valence-corrected chi connectivity index (χ2v) is 7.06. The zero-order valence-electron chi connectivity index (χ0n) is 16.2. The van der Waals surface area contributed by atoms with E-state index in [1.54, 1.807) is 32.1 Å². The minimum atomic E-state index is -0.424. The molecule has 7 atom stereocenters. The molecular weight excluding hydrogens is 336 g/mol. The van der Waals surface area contributed by atoms with Gasteiger partial charge in [0.2, 0.25) is 0 Å². The molecule has 1 fully saturated rings. The van der Waals surface area contributed by atoms with E-state index >= 15 is 0 Å². The minimum absolute atomic E-state index is 0.00795. The largest absolute Gasteiger partial charge is 0.373 e. The topological polar surface area (TPSA) is 71.1 Å². The highest BCUT2D eigenvalue weighted by Gasteiger charge is 2.30. The second kappa shape index (κ2) is 9.55. The molecule has 0 aliphatic carbocycles. The van der Waals surface area contributed by atoms with E-state index < -0.39 is 12.4 Å². The summed E-state index contributed by atoms with van der Waals surface area (Å²) in [7, 11) is 0. The van der Waals surface area contributed by atoms with Gasteiger partial charge in [-0.2, -0.15) is 0 Å². The maximum atomic E-state index is 11.2. The van der Waals surface area contributed by atoms with Gasteiger partial charge in [-0.3, -0.25) is 9.59 Å². The van der Waals surface area contributed by atoms with Crippen LogP contribution in [-0.2, 0) is 28.5 Å². The molecule has 6 heteroatoms. The molecule has 0 bridgehead atoms. The van der Waals surface area contributed by atoms with Crippen LogP contribution in [0.2, 0.25) is 0 Å². The van der Waals surface area contributed by atoms with E-state index in [2.05, 4.69) is 6.92 Å². The van der Waals surface area contributed by atoms with Crippen LogP contribution < -0.4 is 0 Å². The number of hydrogen-bond donors (Lipinski definition) is 0. The van der Waals surface area contributed by atoms with Crippen molar-refractivity contribution in [1.82, 2.24) is 0 Å². The quantitative estimate of drug-likeness (QED) is 0.748. The highest BCUT2D eigenvalue weighted by Crippen LogP contribution is 2.24. The van der Waals surface area contributed by atoms with Crippen molar-refractivity contribution < 1.29 is 28.5 Å². The third-order valence-electron chi connectivity index (χ3n) is 4.64.